The van der Waals surface area contributed by atoms with Gasteiger partial charge in [-0.2, -0.15) is 10.2 Å². The average molecular weight is 526 g/mol. The standard InChI is InChI=1S/C29H28FN7O2/c1-29(2,3)26-16-27(37(35-26)22-7-5-6-20(30)14-22)34-28(38)33-21-8-10-23(11-9-21)39-24-12-13-31-25(15-24)19-17-32-36(4)18-19/h5-18H,1-4H3,(H2,33,34,38). The van der Waals surface area contributed by atoms with Gasteiger partial charge in [-0.25, -0.2) is 13.9 Å². The van der Waals surface area contributed by atoms with Crippen LogP contribution >= 0.6 is 0 Å². The van der Waals surface area contributed by atoms with Crippen LogP contribution in [0.3, 0.4) is 0 Å². The van der Waals surface area contributed by atoms with Gasteiger partial charge in [0.05, 0.1) is 23.3 Å². The van der Waals surface area contributed by atoms with Crippen molar-refractivity contribution in [3.63, 3.8) is 0 Å². The Labute approximate surface area is 225 Å². The second kappa shape index (κ2) is 10.4. The quantitative estimate of drug-likeness (QED) is 0.262. The fourth-order valence-corrected chi connectivity index (χ4v) is 3.85. The highest BCUT2D eigenvalue weighted by atomic mass is 19.1. The van der Waals surface area contributed by atoms with Gasteiger partial charge in [-0.05, 0) is 48.5 Å². The summed E-state index contributed by atoms with van der Waals surface area (Å²) in [6.07, 6.45) is 5.30. The molecule has 0 aliphatic heterocycles. The number of ether oxygens (including phenoxy) is 1. The molecule has 10 heteroatoms. The van der Waals surface area contributed by atoms with Crippen LogP contribution in [0.5, 0.6) is 11.5 Å². The lowest BCUT2D eigenvalue weighted by molar-refractivity contribution is 0.262. The number of halogens is 1. The number of urea groups is 1. The van der Waals surface area contributed by atoms with E-state index >= 15 is 0 Å². The predicted octanol–water partition coefficient (Wildman–Crippen LogP) is 6.54. The number of amides is 2. The van der Waals surface area contributed by atoms with Crippen molar-refractivity contribution in [2.75, 3.05) is 10.6 Å². The van der Waals surface area contributed by atoms with E-state index in [0.717, 1.165) is 17.0 Å². The van der Waals surface area contributed by atoms with Crippen LogP contribution in [0.4, 0.5) is 20.7 Å². The Kier molecular flexibility index (Phi) is 6.84. The van der Waals surface area contributed by atoms with Gasteiger partial charge in [-0.15, -0.1) is 0 Å². The molecule has 0 saturated carbocycles. The average Bonchev–Trinajstić information content (AvgIpc) is 3.52. The summed E-state index contributed by atoms with van der Waals surface area (Å²) in [6.45, 7) is 6.05. The molecule has 0 saturated heterocycles. The largest absolute Gasteiger partial charge is 0.457 e. The van der Waals surface area contributed by atoms with Gasteiger partial charge in [0.2, 0.25) is 0 Å². The number of hydrogen-bond acceptors (Lipinski definition) is 5. The maximum absolute atomic E-state index is 13.9. The van der Waals surface area contributed by atoms with E-state index in [1.54, 1.807) is 65.6 Å². The Morgan fingerprint density at radius 1 is 0.974 bits per heavy atom. The number of aryl methyl sites for hydroxylation is 1. The van der Waals surface area contributed by atoms with Crippen molar-refractivity contribution < 1.29 is 13.9 Å². The second-order valence-corrected chi connectivity index (χ2v) is 10.0. The first-order valence-corrected chi connectivity index (χ1v) is 12.3. The summed E-state index contributed by atoms with van der Waals surface area (Å²) < 4.78 is 23.1. The second-order valence-electron chi connectivity index (χ2n) is 10.0. The third-order valence-electron chi connectivity index (χ3n) is 5.85. The topological polar surface area (TPSA) is 98.9 Å². The number of hydrogen-bond donors (Lipinski definition) is 2. The zero-order chi connectivity index (χ0) is 27.6. The van der Waals surface area contributed by atoms with Crippen LogP contribution < -0.4 is 15.4 Å². The monoisotopic (exact) mass is 525 g/mol. The minimum absolute atomic E-state index is 0.269. The Balaban J connectivity index is 1.27. The molecule has 5 rings (SSSR count). The number of anilines is 2. The molecule has 2 amide bonds. The minimum atomic E-state index is -0.461. The van der Waals surface area contributed by atoms with Crippen molar-refractivity contribution in [1.29, 1.82) is 0 Å². The van der Waals surface area contributed by atoms with Gasteiger partial charge < -0.3 is 10.1 Å². The maximum atomic E-state index is 13.9. The number of benzene rings is 2. The van der Waals surface area contributed by atoms with Crippen molar-refractivity contribution >= 4 is 17.5 Å². The molecular weight excluding hydrogens is 497 g/mol. The van der Waals surface area contributed by atoms with Crippen molar-refractivity contribution in [2.45, 2.75) is 26.2 Å². The summed E-state index contributed by atoms with van der Waals surface area (Å²) in [5.74, 6) is 1.26. The normalized spacial score (nSPS) is 11.3. The lowest BCUT2D eigenvalue weighted by atomic mass is 9.92. The summed E-state index contributed by atoms with van der Waals surface area (Å²) >= 11 is 0. The molecule has 9 nitrogen and oxygen atoms in total. The van der Waals surface area contributed by atoms with Gasteiger partial charge in [-0.3, -0.25) is 15.0 Å². The van der Waals surface area contributed by atoms with Crippen molar-refractivity contribution in [3.05, 3.63) is 96.8 Å². The molecule has 39 heavy (non-hydrogen) atoms. The first-order valence-electron chi connectivity index (χ1n) is 12.3. The van der Waals surface area contributed by atoms with Crippen LogP contribution in [-0.2, 0) is 12.5 Å². The zero-order valence-corrected chi connectivity index (χ0v) is 22.0. The lowest BCUT2D eigenvalue weighted by Crippen LogP contribution is -2.21. The van der Waals surface area contributed by atoms with Gasteiger partial charge in [0.1, 0.15) is 23.1 Å². The maximum Gasteiger partial charge on any atom is 0.324 e. The van der Waals surface area contributed by atoms with Crippen LogP contribution in [0.2, 0.25) is 0 Å². The summed E-state index contributed by atoms with van der Waals surface area (Å²) in [5, 5.41) is 14.4. The van der Waals surface area contributed by atoms with Crippen molar-refractivity contribution in [3.8, 4) is 28.4 Å². The van der Waals surface area contributed by atoms with E-state index in [2.05, 4.69) is 25.8 Å². The van der Waals surface area contributed by atoms with Crippen molar-refractivity contribution in [2.24, 2.45) is 7.05 Å². The molecule has 3 heterocycles. The third-order valence-corrected chi connectivity index (χ3v) is 5.85. The summed E-state index contributed by atoms with van der Waals surface area (Å²) in [6, 6.07) is 18.0. The SMILES string of the molecule is Cn1cc(-c2cc(Oc3ccc(NC(=O)Nc4cc(C(C)(C)C)nn4-c4cccc(F)c4)cc3)ccn2)cn1. The Morgan fingerprint density at radius 3 is 2.46 bits per heavy atom. The molecular formula is C29H28FN7O2. The molecule has 0 atom stereocenters. The molecule has 2 N–H and O–H groups in total. The molecule has 0 aliphatic rings. The van der Waals surface area contributed by atoms with Crippen LogP contribution in [0, 0.1) is 5.82 Å². The number of aromatic nitrogens is 5. The number of carbonyl (C=O) groups excluding carboxylic acids is 1. The number of carbonyl (C=O) groups is 1. The molecule has 0 fully saturated rings. The van der Waals surface area contributed by atoms with E-state index in [0.29, 0.717) is 28.7 Å². The van der Waals surface area contributed by atoms with E-state index in [1.165, 1.54) is 16.8 Å². The Hall–Kier alpha value is -4.99. The van der Waals surface area contributed by atoms with E-state index in [9.17, 15) is 9.18 Å². The van der Waals surface area contributed by atoms with E-state index < -0.39 is 11.8 Å². The van der Waals surface area contributed by atoms with Crippen LogP contribution in [-0.4, -0.2) is 30.6 Å². The Bertz CT molecular complexity index is 1620. The van der Waals surface area contributed by atoms with Crippen LogP contribution in [0.25, 0.3) is 16.9 Å². The number of nitrogens with one attached hydrogen (secondary N) is 2. The van der Waals surface area contributed by atoms with Gasteiger partial charge in [0.25, 0.3) is 0 Å². The Morgan fingerprint density at radius 2 is 1.77 bits per heavy atom. The third kappa shape index (κ3) is 6.12. The molecule has 0 spiro atoms. The fourth-order valence-electron chi connectivity index (χ4n) is 3.85. The van der Waals surface area contributed by atoms with Gasteiger partial charge >= 0.3 is 6.03 Å². The molecule has 0 radical (unpaired) electrons. The van der Waals surface area contributed by atoms with Gasteiger partial charge in [0, 0.05) is 48.2 Å². The highest BCUT2D eigenvalue weighted by molar-refractivity contribution is 5.99. The fraction of sp³-hybridized carbons (Fsp3) is 0.172. The van der Waals surface area contributed by atoms with E-state index in [1.807, 2.05) is 40.1 Å². The van der Waals surface area contributed by atoms with Crippen molar-refractivity contribution in [1.82, 2.24) is 24.5 Å². The molecule has 2 aromatic carbocycles. The first kappa shape index (κ1) is 25.7. The van der Waals surface area contributed by atoms with E-state index in [4.69, 9.17) is 4.74 Å². The summed E-state index contributed by atoms with van der Waals surface area (Å²) in [4.78, 5) is 17.2. The number of pyridine rings is 1. The molecule has 198 valence electrons. The predicted molar refractivity (Wildman–Crippen MR) is 148 cm³/mol. The van der Waals surface area contributed by atoms with E-state index in [-0.39, 0.29) is 5.41 Å². The zero-order valence-electron chi connectivity index (χ0n) is 22.0. The van der Waals surface area contributed by atoms with Crippen LogP contribution in [0.15, 0.2) is 85.3 Å². The smallest absolute Gasteiger partial charge is 0.324 e. The highest BCUT2D eigenvalue weighted by Gasteiger charge is 2.22. The first-order chi connectivity index (χ1) is 18.6. The summed E-state index contributed by atoms with van der Waals surface area (Å²) in [7, 11) is 1.85. The molecule has 0 bridgehead atoms. The number of rotatable bonds is 6. The molecule has 0 aliphatic carbocycles. The van der Waals surface area contributed by atoms with Crippen LogP contribution in [0.1, 0.15) is 26.5 Å². The number of nitrogens with zero attached hydrogens (tertiary/aromatic N) is 5. The van der Waals surface area contributed by atoms with Gasteiger partial charge in [-0.1, -0.05) is 26.8 Å². The molecule has 5 aromatic rings. The molecule has 0 unspecified atom stereocenters. The minimum Gasteiger partial charge on any atom is -0.457 e. The van der Waals surface area contributed by atoms with Gasteiger partial charge in [0.15, 0.2) is 0 Å². The molecule has 3 aromatic heterocycles. The highest BCUT2D eigenvalue weighted by Crippen LogP contribution is 2.28. The lowest BCUT2D eigenvalue weighted by Gasteiger charge is -2.14. The summed E-state index contributed by atoms with van der Waals surface area (Å²) in [5.41, 5.74) is 3.20.